The normalized spacial score (nSPS) is 15.2. The Kier molecular flexibility index (Phi) is 70.9. The highest BCUT2D eigenvalue weighted by Gasteiger charge is 2.30. The van der Waals surface area contributed by atoms with Gasteiger partial charge in [0.05, 0.1) is 39.3 Å². The zero-order valence-corrected chi connectivity index (χ0v) is 66.0. The Bertz CT molecular complexity index is 2980. The van der Waals surface area contributed by atoms with Gasteiger partial charge in [0.1, 0.15) is 19.3 Å². The summed E-state index contributed by atoms with van der Waals surface area (Å²) in [4.78, 5) is 72.8. The Morgan fingerprint density at radius 1 is 0.274 bits per heavy atom. The molecule has 0 aromatic carbocycles. The molecule has 17 nitrogen and oxygen atoms in total. The van der Waals surface area contributed by atoms with Gasteiger partial charge in [0.15, 0.2) is 12.2 Å². The largest absolute Gasteiger partial charge is 0.472 e. The van der Waals surface area contributed by atoms with E-state index < -0.39 is 97.5 Å². The summed E-state index contributed by atoms with van der Waals surface area (Å²) in [5.74, 6) is -2.64. The van der Waals surface area contributed by atoms with Crippen molar-refractivity contribution in [3.63, 3.8) is 0 Å². The fourth-order valence-corrected chi connectivity index (χ4v) is 10.3. The number of phosphoric ester groups is 2. The van der Waals surface area contributed by atoms with Crippen LogP contribution in [0.15, 0.2) is 243 Å². The van der Waals surface area contributed by atoms with Crippen LogP contribution >= 0.6 is 15.6 Å². The van der Waals surface area contributed by atoms with Crippen molar-refractivity contribution in [3.05, 3.63) is 243 Å². The molecular weight excluding hydrogens is 1380 g/mol. The first-order chi connectivity index (χ1) is 51.7. The summed E-state index contributed by atoms with van der Waals surface area (Å²) in [6.45, 7) is 3.99. The molecule has 5 unspecified atom stereocenters. The molecule has 0 saturated heterocycles. The second-order valence-corrected chi connectivity index (χ2v) is 27.0. The molecule has 0 aromatic rings. The summed E-state index contributed by atoms with van der Waals surface area (Å²) in [6, 6.07) is 0. The third kappa shape index (κ3) is 75.1. The zero-order valence-electron chi connectivity index (χ0n) is 64.2. The number of hydrogen-bond donors (Lipinski definition) is 3. The highest BCUT2D eigenvalue weighted by Crippen LogP contribution is 2.45. The number of phosphoric acid groups is 2. The van der Waals surface area contributed by atoms with Crippen molar-refractivity contribution in [2.45, 2.75) is 239 Å². The molecule has 19 heteroatoms. The molecule has 0 bridgehead atoms. The van der Waals surface area contributed by atoms with Crippen LogP contribution in [0.4, 0.5) is 0 Å². The minimum Gasteiger partial charge on any atom is -0.462 e. The SMILES string of the molecule is CC/C=C\C/C=C\C/C=C\C/C=C\C/C=C\C/C=C\CCC(=O)OCC(COP(=O)(O)OCC(O)COP(=O)(O)OCC(COC(=O)C/C=C\C/C=C\C/C=C\C/C=C\C/C=C\CC)OC(=O)C/C=C\C/C=C\C/C=C\C/C=C\C/C=C\CC)OC(=O)CCCCCC/C=C\C/C=C\C/C=C\C/C=C\CC. The summed E-state index contributed by atoms with van der Waals surface area (Å²) in [5, 5.41) is 10.6. The van der Waals surface area contributed by atoms with Crippen molar-refractivity contribution in [2.24, 2.45) is 0 Å². The Morgan fingerprint density at radius 2 is 0.528 bits per heavy atom. The van der Waals surface area contributed by atoms with Crippen LogP contribution in [0.25, 0.3) is 0 Å². The topological polar surface area (TPSA) is 237 Å². The van der Waals surface area contributed by atoms with Gasteiger partial charge in [-0.15, -0.1) is 0 Å². The lowest BCUT2D eigenvalue weighted by Crippen LogP contribution is -2.30. The molecule has 106 heavy (non-hydrogen) atoms. The fourth-order valence-electron chi connectivity index (χ4n) is 8.74. The molecule has 590 valence electrons. The number of esters is 4. The van der Waals surface area contributed by atoms with E-state index in [1.165, 1.54) is 0 Å². The van der Waals surface area contributed by atoms with Gasteiger partial charge in [-0.2, -0.15) is 0 Å². The second-order valence-electron chi connectivity index (χ2n) is 24.1. The number of rotatable bonds is 68. The third-order valence-electron chi connectivity index (χ3n) is 14.4. The van der Waals surface area contributed by atoms with Crippen molar-refractivity contribution >= 4 is 39.5 Å². The first kappa shape index (κ1) is 98.9. The number of ether oxygens (including phenoxy) is 4. The van der Waals surface area contributed by atoms with Crippen LogP contribution in [0.2, 0.25) is 0 Å². The van der Waals surface area contributed by atoms with Crippen LogP contribution in [0.5, 0.6) is 0 Å². The molecule has 0 saturated carbocycles. The molecule has 3 N–H and O–H groups in total. The lowest BCUT2D eigenvalue weighted by Gasteiger charge is -2.21. The van der Waals surface area contributed by atoms with E-state index >= 15 is 0 Å². The van der Waals surface area contributed by atoms with Crippen molar-refractivity contribution in [1.82, 2.24) is 0 Å². The molecule has 5 atom stereocenters. The monoisotopic (exact) mass is 1510 g/mol. The lowest BCUT2D eigenvalue weighted by atomic mass is 10.1. The average Bonchev–Trinajstić information content (AvgIpc) is 0.902. The van der Waals surface area contributed by atoms with E-state index in [1.54, 1.807) is 24.3 Å². The van der Waals surface area contributed by atoms with E-state index in [4.69, 9.17) is 37.0 Å². The molecule has 0 heterocycles. The van der Waals surface area contributed by atoms with Crippen LogP contribution in [0, 0.1) is 0 Å². The highest BCUT2D eigenvalue weighted by molar-refractivity contribution is 7.47. The van der Waals surface area contributed by atoms with E-state index in [-0.39, 0.29) is 25.7 Å². The predicted octanol–water partition coefficient (Wildman–Crippen LogP) is 22.4. The summed E-state index contributed by atoms with van der Waals surface area (Å²) in [7, 11) is -10.1. The van der Waals surface area contributed by atoms with Gasteiger partial charge >= 0.3 is 39.5 Å². The summed E-state index contributed by atoms with van der Waals surface area (Å²) in [6.07, 6.45) is 99.4. The van der Waals surface area contributed by atoms with Gasteiger partial charge in [-0.25, -0.2) is 9.13 Å². The number of aliphatic hydroxyl groups excluding tert-OH is 1. The van der Waals surface area contributed by atoms with Crippen LogP contribution in [0.3, 0.4) is 0 Å². The van der Waals surface area contributed by atoms with Crippen LogP contribution in [-0.2, 0) is 65.4 Å². The number of carbonyl (C=O) groups is 4. The predicted molar refractivity (Wildman–Crippen MR) is 435 cm³/mol. The average molecular weight is 1510 g/mol. The molecule has 0 amide bonds. The number of aliphatic hydroxyl groups is 1. The molecular formula is C87H130O17P2. The van der Waals surface area contributed by atoms with Crippen molar-refractivity contribution < 1.29 is 80.2 Å². The Balaban J connectivity index is 5.63. The minimum atomic E-state index is -5.04. The third-order valence-corrected chi connectivity index (χ3v) is 16.3. The van der Waals surface area contributed by atoms with Crippen LogP contribution in [-0.4, -0.2) is 96.7 Å². The Hall–Kier alpha value is -7.14. The number of hydrogen-bond acceptors (Lipinski definition) is 15. The molecule has 0 aromatic heterocycles. The van der Waals surface area contributed by atoms with E-state index in [9.17, 15) is 43.2 Å². The number of unbranched alkanes of at least 4 members (excludes halogenated alkanes) is 4. The van der Waals surface area contributed by atoms with Gasteiger partial charge in [-0.1, -0.05) is 284 Å². The smallest absolute Gasteiger partial charge is 0.462 e. The molecule has 0 rings (SSSR count). The Labute approximate surface area is 637 Å². The van der Waals surface area contributed by atoms with Gasteiger partial charge in [0.2, 0.25) is 0 Å². The maximum absolute atomic E-state index is 13.1. The maximum Gasteiger partial charge on any atom is 0.472 e. The first-order valence-electron chi connectivity index (χ1n) is 38.3. The quantitative estimate of drug-likeness (QED) is 0.0169. The molecule has 0 fully saturated rings. The van der Waals surface area contributed by atoms with Gasteiger partial charge in [0.25, 0.3) is 0 Å². The summed E-state index contributed by atoms with van der Waals surface area (Å²) < 4.78 is 68.1. The zero-order chi connectivity index (χ0) is 77.4. The molecule has 0 aliphatic carbocycles. The molecule has 0 aliphatic rings. The van der Waals surface area contributed by atoms with Crippen molar-refractivity contribution in [3.8, 4) is 0 Å². The lowest BCUT2D eigenvalue weighted by molar-refractivity contribution is -0.161. The standard InChI is InChI=1S/C87H130O17P2/c1-5-9-13-17-21-25-29-33-37-39-40-42-45-48-52-56-60-64-68-72-85(90)98-78-83(104-87(92)74-70-66-62-58-54-50-46-41-38-34-30-26-22-18-14-10-6-2)80-102-106(95,96)100-76-81(88)75-99-105(93,94)101-79-82(103-86(91)73-69-65-61-57-53-49-44-36-32-28-24-20-16-12-8-4)77-97-84(89)71-67-63-59-55-51-47-43-35-31-27-23-19-15-11-7-3/h9-16,21-28,33-38,40,42-44,46,48,50-53,55,57,60,63-65,67,69,81-83,88H,5-8,17-20,29-32,39,41,45,47,49,54,56,58-59,61-62,66,68,70-80H2,1-4H3,(H,93,94)(H,95,96)/b13-9-,14-10-,15-11-,16-12-,25-21-,26-22-,27-23-,28-24-,37-33-,38-34-,42-40-,43-35-,44-36-,50-46-,52-48-,55-51-,57-53-,64-60-,67-63-,69-65-. The van der Waals surface area contributed by atoms with Crippen molar-refractivity contribution in [2.75, 3.05) is 39.6 Å². The fraction of sp³-hybridized carbons (Fsp3) is 0.494. The van der Waals surface area contributed by atoms with Crippen molar-refractivity contribution in [1.29, 1.82) is 0 Å². The molecule has 0 spiro atoms. The summed E-state index contributed by atoms with van der Waals surface area (Å²) in [5.41, 5.74) is 0. The van der Waals surface area contributed by atoms with Gasteiger partial charge < -0.3 is 33.8 Å². The van der Waals surface area contributed by atoms with Gasteiger partial charge in [-0.3, -0.25) is 37.3 Å². The van der Waals surface area contributed by atoms with Gasteiger partial charge in [0, 0.05) is 12.8 Å². The first-order valence-corrected chi connectivity index (χ1v) is 41.3. The van der Waals surface area contributed by atoms with E-state index in [2.05, 4.69) is 204 Å². The molecule has 0 radical (unpaired) electrons. The molecule has 0 aliphatic heterocycles. The van der Waals surface area contributed by atoms with Gasteiger partial charge in [-0.05, 0) is 154 Å². The second kappa shape index (κ2) is 76.1. The number of carbonyl (C=O) groups excluding carboxylic acids is 4. The van der Waals surface area contributed by atoms with Crippen LogP contribution < -0.4 is 0 Å². The minimum absolute atomic E-state index is 0.0147. The summed E-state index contributed by atoms with van der Waals surface area (Å²) >= 11 is 0. The van der Waals surface area contributed by atoms with E-state index in [1.807, 2.05) is 42.5 Å². The van der Waals surface area contributed by atoms with Crippen LogP contribution in [0.1, 0.15) is 220 Å². The highest BCUT2D eigenvalue weighted by atomic mass is 31.2. The van der Waals surface area contributed by atoms with E-state index in [0.717, 1.165) is 135 Å². The Morgan fingerprint density at radius 3 is 0.858 bits per heavy atom. The number of allylic oxidation sites excluding steroid dienone is 38. The maximum atomic E-state index is 13.1. The van der Waals surface area contributed by atoms with E-state index in [0.29, 0.717) is 32.1 Å².